The summed E-state index contributed by atoms with van der Waals surface area (Å²) in [6.07, 6.45) is 2.66. The van der Waals surface area contributed by atoms with Crippen molar-refractivity contribution < 1.29 is 19.2 Å². The van der Waals surface area contributed by atoms with E-state index >= 15 is 0 Å². The SMILES string of the molecule is CC1(C2CC2)NC(=O)N(CC(=O)N[C@@H]2CCC(=O)N[C@H]2c2cccs2)C1=O. The zero-order valence-electron chi connectivity index (χ0n) is 15.0. The number of carbonyl (C=O) groups excluding carboxylic acids is 4. The Morgan fingerprint density at radius 3 is 2.78 bits per heavy atom. The fourth-order valence-electron chi connectivity index (χ4n) is 3.89. The van der Waals surface area contributed by atoms with E-state index in [9.17, 15) is 19.2 Å². The van der Waals surface area contributed by atoms with Gasteiger partial charge < -0.3 is 16.0 Å². The molecule has 27 heavy (non-hydrogen) atoms. The Labute approximate surface area is 160 Å². The average Bonchev–Trinajstić information content (AvgIpc) is 3.31. The zero-order chi connectivity index (χ0) is 19.2. The van der Waals surface area contributed by atoms with E-state index in [4.69, 9.17) is 0 Å². The number of piperidine rings is 1. The van der Waals surface area contributed by atoms with Gasteiger partial charge in [0, 0.05) is 11.3 Å². The highest BCUT2D eigenvalue weighted by molar-refractivity contribution is 7.10. The minimum Gasteiger partial charge on any atom is -0.349 e. The first-order valence-electron chi connectivity index (χ1n) is 9.14. The summed E-state index contributed by atoms with van der Waals surface area (Å²) in [5, 5.41) is 10.5. The number of amides is 5. The van der Waals surface area contributed by atoms with Crippen LogP contribution in [0.2, 0.25) is 0 Å². The molecule has 1 aromatic rings. The monoisotopic (exact) mass is 390 g/mol. The van der Waals surface area contributed by atoms with Gasteiger partial charge in [0.2, 0.25) is 11.8 Å². The van der Waals surface area contributed by atoms with E-state index in [1.54, 1.807) is 6.92 Å². The molecule has 3 N–H and O–H groups in total. The third kappa shape index (κ3) is 3.31. The van der Waals surface area contributed by atoms with Gasteiger partial charge in [0.05, 0.1) is 12.1 Å². The molecule has 1 aliphatic carbocycles. The van der Waals surface area contributed by atoms with Crippen molar-refractivity contribution in [3.63, 3.8) is 0 Å². The summed E-state index contributed by atoms with van der Waals surface area (Å²) in [5.74, 6) is -0.634. The van der Waals surface area contributed by atoms with Gasteiger partial charge in [-0.3, -0.25) is 19.3 Å². The molecule has 1 aromatic heterocycles. The largest absolute Gasteiger partial charge is 0.349 e. The molecule has 2 aliphatic heterocycles. The molecule has 0 aromatic carbocycles. The lowest BCUT2D eigenvalue weighted by Crippen LogP contribution is -2.52. The fourth-order valence-corrected chi connectivity index (χ4v) is 4.73. The number of urea groups is 1. The molecular formula is C18H22N4O4S. The molecule has 3 atom stereocenters. The Morgan fingerprint density at radius 2 is 2.11 bits per heavy atom. The number of imide groups is 1. The van der Waals surface area contributed by atoms with E-state index in [-0.39, 0.29) is 36.4 Å². The summed E-state index contributed by atoms with van der Waals surface area (Å²) < 4.78 is 0. The van der Waals surface area contributed by atoms with Gasteiger partial charge in [0.1, 0.15) is 12.1 Å². The number of thiophene rings is 1. The van der Waals surface area contributed by atoms with Crippen molar-refractivity contribution in [2.75, 3.05) is 6.54 Å². The van der Waals surface area contributed by atoms with Crippen molar-refractivity contribution in [1.82, 2.24) is 20.9 Å². The molecule has 0 bridgehead atoms. The first kappa shape index (κ1) is 18.0. The molecule has 3 aliphatic rings. The second-order valence-corrected chi connectivity index (χ2v) is 8.55. The summed E-state index contributed by atoms with van der Waals surface area (Å²) >= 11 is 1.51. The zero-order valence-corrected chi connectivity index (χ0v) is 15.8. The van der Waals surface area contributed by atoms with Crippen molar-refractivity contribution in [3.8, 4) is 0 Å². The minimum atomic E-state index is -0.893. The van der Waals surface area contributed by atoms with E-state index in [1.807, 2.05) is 17.5 Å². The van der Waals surface area contributed by atoms with Crippen LogP contribution in [0.15, 0.2) is 17.5 Å². The highest BCUT2D eigenvalue weighted by Crippen LogP contribution is 2.42. The van der Waals surface area contributed by atoms with E-state index in [2.05, 4.69) is 16.0 Å². The van der Waals surface area contributed by atoms with Gasteiger partial charge >= 0.3 is 6.03 Å². The van der Waals surface area contributed by atoms with Gasteiger partial charge in [-0.2, -0.15) is 0 Å². The second kappa shape index (κ2) is 6.63. The molecule has 2 saturated heterocycles. The fraction of sp³-hybridized carbons (Fsp3) is 0.556. The average molecular weight is 390 g/mol. The number of hydrogen-bond acceptors (Lipinski definition) is 5. The maximum absolute atomic E-state index is 12.6. The number of nitrogens with one attached hydrogen (secondary N) is 3. The maximum atomic E-state index is 12.6. The summed E-state index contributed by atoms with van der Waals surface area (Å²) in [4.78, 5) is 51.2. The van der Waals surface area contributed by atoms with Gasteiger partial charge in [0.25, 0.3) is 5.91 Å². The Hall–Kier alpha value is -2.42. The number of nitrogens with zero attached hydrogens (tertiary/aromatic N) is 1. The minimum absolute atomic E-state index is 0.0480. The van der Waals surface area contributed by atoms with Crippen LogP contribution in [0, 0.1) is 5.92 Å². The molecule has 1 saturated carbocycles. The lowest BCUT2D eigenvalue weighted by Gasteiger charge is -2.32. The van der Waals surface area contributed by atoms with Crippen LogP contribution in [-0.4, -0.2) is 46.8 Å². The number of rotatable bonds is 5. The summed E-state index contributed by atoms with van der Waals surface area (Å²) in [7, 11) is 0. The van der Waals surface area contributed by atoms with Gasteiger partial charge in [-0.25, -0.2) is 4.79 Å². The molecule has 9 heteroatoms. The van der Waals surface area contributed by atoms with Crippen molar-refractivity contribution in [1.29, 1.82) is 0 Å². The Bertz CT molecular complexity index is 791. The Morgan fingerprint density at radius 1 is 1.33 bits per heavy atom. The normalized spacial score (nSPS) is 30.9. The molecule has 8 nitrogen and oxygen atoms in total. The summed E-state index contributed by atoms with van der Waals surface area (Å²) in [6.45, 7) is 1.42. The van der Waals surface area contributed by atoms with Gasteiger partial charge in [-0.1, -0.05) is 6.07 Å². The van der Waals surface area contributed by atoms with Crippen molar-refractivity contribution in [2.24, 2.45) is 5.92 Å². The molecule has 5 amide bonds. The molecule has 4 rings (SSSR count). The Balaban J connectivity index is 1.42. The van der Waals surface area contributed by atoms with E-state index < -0.39 is 17.5 Å². The highest BCUT2D eigenvalue weighted by atomic mass is 32.1. The predicted octanol–water partition coefficient (Wildman–Crippen LogP) is 0.905. The molecular weight excluding hydrogens is 368 g/mol. The molecule has 3 heterocycles. The van der Waals surface area contributed by atoms with Crippen LogP contribution in [0.3, 0.4) is 0 Å². The smallest absolute Gasteiger partial charge is 0.325 e. The van der Waals surface area contributed by atoms with E-state index in [1.165, 1.54) is 11.3 Å². The van der Waals surface area contributed by atoms with Gasteiger partial charge in [0.15, 0.2) is 0 Å². The van der Waals surface area contributed by atoms with Crippen molar-refractivity contribution in [3.05, 3.63) is 22.4 Å². The van der Waals surface area contributed by atoms with Crippen LogP contribution in [-0.2, 0) is 14.4 Å². The first-order valence-corrected chi connectivity index (χ1v) is 10.0. The van der Waals surface area contributed by atoms with Crippen molar-refractivity contribution >= 4 is 35.1 Å². The molecule has 0 spiro atoms. The van der Waals surface area contributed by atoms with Crippen LogP contribution in [0.1, 0.15) is 43.5 Å². The number of carbonyl (C=O) groups is 4. The summed E-state index contributed by atoms with van der Waals surface area (Å²) in [5.41, 5.74) is -0.893. The highest BCUT2D eigenvalue weighted by Gasteiger charge is 2.56. The van der Waals surface area contributed by atoms with Crippen LogP contribution in [0.4, 0.5) is 4.79 Å². The molecule has 1 unspecified atom stereocenters. The van der Waals surface area contributed by atoms with Crippen LogP contribution < -0.4 is 16.0 Å². The lowest BCUT2D eigenvalue weighted by molar-refractivity contribution is -0.135. The van der Waals surface area contributed by atoms with Crippen molar-refractivity contribution in [2.45, 2.75) is 50.2 Å². The second-order valence-electron chi connectivity index (χ2n) is 7.57. The van der Waals surface area contributed by atoms with Crippen LogP contribution in [0.5, 0.6) is 0 Å². The maximum Gasteiger partial charge on any atom is 0.325 e. The van der Waals surface area contributed by atoms with E-state index in [0.717, 1.165) is 22.6 Å². The summed E-state index contributed by atoms with van der Waals surface area (Å²) in [6, 6.07) is 2.72. The van der Waals surface area contributed by atoms with Gasteiger partial charge in [-0.05, 0) is 43.6 Å². The predicted molar refractivity (Wildman–Crippen MR) is 97.7 cm³/mol. The van der Waals surface area contributed by atoms with Crippen LogP contribution >= 0.6 is 11.3 Å². The topological polar surface area (TPSA) is 108 Å². The third-order valence-electron chi connectivity index (χ3n) is 5.59. The molecule has 3 fully saturated rings. The van der Waals surface area contributed by atoms with Gasteiger partial charge in [-0.15, -0.1) is 11.3 Å². The Kier molecular flexibility index (Phi) is 4.41. The molecule has 144 valence electrons. The van der Waals surface area contributed by atoms with Crippen LogP contribution in [0.25, 0.3) is 0 Å². The molecule has 0 radical (unpaired) electrons. The quantitative estimate of drug-likeness (QED) is 0.649. The van der Waals surface area contributed by atoms with E-state index in [0.29, 0.717) is 12.8 Å². The lowest BCUT2D eigenvalue weighted by atomic mass is 9.96. The third-order valence-corrected chi connectivity index (χ3v) is 6.55. The standard InChI is InChI=1S/C18H22N4O4S/c1-18(10-4-5-10)16(25)22(17(26)21-18)9-14(24)19-11-6-7-13(23)20-15(11)12-3-2-8-27-12/h2-3,8,10-11,15H,4-7,9H2,1H3,(H,19,24)(H,20,23)(H,21,26)/t11-,15-,18?/m1/s1. The number of hydrogen-bond donors (Lipinski definition) is 3. The first-order chi connectivity index (χ1) is 12.9.